The number of carbonyl (C=O) groups excluding carboxylic acids is 1. The molecule has 1 N–H and O–H groups in total. The van der Waals surface area contributed by atoms with Crippen molar-refractivity contribution >= 4 is 28.9 Å². The molecule has 128 valence electrons. The van der Waals surface area contributed by atoms with Crippen LogP contribution in [0, 0.1) is 0 Å². The highest BCUT2D eigenvalue weighted by atomic mass is 35.5. The van der Waals surface area contributed by atoms with Crippen LogP contribution in [0.3, 0.4) is 0 Å². The lowest BCUT2D eigenvalue weighted by atomic mass is 9.93. The third kappa shape index (κ3) is 3.17. The lowest BCUT2D eigenvalue weighted by Crippen LogP contribution is -2.06. The summed E-state index contributed by atoms with van der Waals surface area (Å²) in [6.45, 7) is 1.82. The molecule has 3 rings (SSSR count). The van der Waals surface area contributed by atoms with Gasteiger partial charge in [-0.25, -0.2) is 0 Å². The second kappa shape index (κ2) is 6.73. The van der Waals surface area contributed by atoms with Crippen LogP contribution in [0.25, 0.3) is 5.57 Å². The molecule has 0 spiro atoms. The van der Waals surface area contributed by atoms with Crippen molar-refractivity contribution < 1.29 is 19.4 Å². The molecular formula is C20H17ClO4. The third-order valence-electron chi connectivity index (χ3n) is 4.53. The summed E-state index contributed by atoms with van der Waals surface area (Å²) >= 11 is 5.90. The van der Waals surface area contributed by atoms with Crippen molar-refractivity contribution in [3.05, 3.63) is 69.8 Å². The fourth-order valence-corrected chi connectivity index (χ4v) is 3.41. The fourth-order valence-electron chi connectivity index (χ4n) is 3.29. The summed E-state index contributed by atoms with van der Waals surface area (Å²) in [6.07, 6.45) is -0.0661. The molecule has 0 saturated carbocycles. The summed E-state index contributed by atoms with van der Waals surface area (Å²) in [5.41, 5.74) is 3.44. The van der Waals surface area contributed by atoms with Gasteiger partial charge in [0.1, 0.15) is 5.75 Å². The number of aliphatic carboxylic acids is 1. The predicted molar refractivity (Wildman–Crippen MR) is 96.4 cm³/mol. The van der Waals surface area contributed by atoms with Crippen LogP contribution >= 0.6 is 11.6 Å². The van der Waals surface area contributed by atoms with Gasteiger partial charge in [0, 0.05) is 22.1 Å². The molecule has 0 radical (unpaired) electrons. The van der Waals surface area contributed by atoms with Crippen LogP contribution < -0.4 is 4.74 Å². The van der Waals surface area contributed by atoms with Crippen LogP contribution in [-0.2, 0) is 4.79 Å². The monoisotopic (exact) mass is 356 g/mol. The zero-order valence-electron chi connectivity index (χ0n) is 13.9. The number of hydrogen-bond donors (Lipinski definition) is 1. The Balaban J connectivity index is 2.11. The maximum absolute atomic E-state index is 13.0. The van der Waals surface area contributed by atoms with Crippen LogP contribution in [0.4, 0.5) is 0 Å². The Kier molecular flexibility index (Phi) is 4.64. The zero-order chi connectivity index (χ0) is 18.1. The second-order valence-corrected chi connectivity index (χ2v) is 6.43. The van der Waals surface area contributed by atoms with Gasteiger partial charge in [0.2, 0.25) is 0 Å². The van der Waals surface area contributed by atoms with Gasteiger partial charge in [0.25, 0.3) is 0 Å². The number of hydrogen-bond acceptors (Lipinski definition) is 3. The van der Waals surface area contributed by atoms with Gasteiger partial charge >= 0.3 is 5.97 Å². The largest absolute Gasteiger partial charge is 0.497 e. The molecule has 2 aromatic carbocycles. The van der Waals surface area contributed by atoms with Gasteiger partial charge < -0.3 is 9.84 Å². The molecule has 1 atom stereocenters. The van der Waals surface area contributed by atoms with E-state index in [9.17, 15) is 14.7 Å². The minimum absolute atomic E-state index is 0.0661. The standard InChI is InChI=1S/C20H17ClO4/c1-11-16(10-18(22)23)17-9-14(25-2)7-8-15(17)19(11)20(24)12-3-5-13(21)6-4-12/h3-9,16H,10H2,1-2H3,(H,22,23). The Bertz CT molecular complexity index is 881. The molecule has 25 heavy (non-hydrogen) atoms. The van der Waals surface area contributed by atoms with Crippen molar-refractivity contribution in [1.29, 1.82) is 0 Å². The molecule has 1 aliphatic rings. The van der Waals surface area contributed by atoms with Gasteiger partial charge in [-0.1, -0.05) is 23.2 Å². The summed E-state index contributed by atoms with van der Waals surface area (Å²) in [4.78, 5) is 24.3. The average Bonchev–Trinajstić information content (AvgIpc) is 2.86. The zero-order valence-corrected chi connectivity index (χ0v) is 14.6. The molecule has 0 fully saturated rings. The Labute approximate surface area is 150 Å². The molecule has 1 unspecified atom stereocenters. The minimum atomic E-state index is -0.904. The van der Waals surface area contributed by atoms with Crippen molar-refractivity contribution in [2.75, 3.05) is 7.11 Å². The highest BCUT2D eigenvalue weighted by Crippen LogP contribution is 2.46. The molecule has 0 amide bonds. The molecule has 5 heteroatoms. The molecule has 0 bridgehead atoms. The Morgan fingerprint density at radius 2 is 1.84 bits per heavy atom. The molecule has 0 saturated heterocycles. The Morgan fingerprint density at radius 1 is 1.16 bits per heavy atom. The number of ketones is 1. The second-order valence-electron chi connectivity index (χ2n) is 6.00. The Morgan fingerprint density at radius 3 is 2.44 bits per heavy atom. The highest BCUT2D eigenvalue weighted by molar-refractivity contribution is 6.32. The van der Waals surface area contributed by atoms with Gasteiger partial charge in [0.15, 0.2) is 5.78 Å². The van der Waals surface area contributed by atoms with Crippen molar-refractivity contribution in [3.63, 3.8) is 0 Å². The number of carbonyl (C=O) groups is 2. The van der Waals surface area contributed by atoms with Crippen molar-refractivity contribution in [1.82, 2.24) is 0 Å². The number of carboxylic acids is 1. The number of benzene rings is 2. The van der Waals surface area contributed by atoms with E-state index in [2.05, 4.69) is 0 Å². The summed E-state index contributed by atoms with van der Waals surface area (Å²) in [5.74, 6) is -0.734. The van der Waals surface area contributed by atoms with Crippen LogP contribution in [0.5, 0.6) is 5.75 Å². The Hall–Kier alpha value is -2.59. The first kappa shape index (κ1) is 17.2. The van der Waals surface area contributed by atoms with E-state index in [1.807, 2.05) is 19.1 Å². The van der Waals surface area contributed by atoms with E-state index in [1.165, 1.54) is 0 Å². The van der Waals surface area contributed by atoms with Crippen LogP contribution in [-0.4, -0.2) is 24.0 Å². The summed E-state index contributed by atoms with van der Waals surface area (Å²) in [6, 6.07) is 12.1. The smallest absolute Gasteiger partial charge is 0.304 e. The van der Waals surface area contributed by atoms with E-state index in [0.29, 0.717) is 21.9 Å². The summed E-state index contributed by atoms with van der Waals surface area (Å²) in [7, 11) is 1.56. The average molecular weight is 357 g/mol. The van der Waals surface area contributed by atoms with Crippen LogP contribution in [0.1, 0.15) is 40.7 Å². The molecule has 0 aromatic heterocycles. The normalized spacial score (nSPS) is 15.9. The number of Topliss-reactive ketones (excluding diaryl/α,β-unsaturated/α-hetero) is 1. The number of fused-ring (bicyclic) bond motifs is 1. The van der Waals surface area contributed by atoms with Crippen LogP contribution in [0.2, 0.25) is 5.02 Å². The number of halogens is 1. The number of allylic oxidation sites excluding steroid dienone is 2. The van der Waals surface area contributed by atoms with Gasteiger partial charge in [-0.15, -0.1) is 0 Å². The van der Waals surface area contributed by atoms with E-state index >= 15 is 0 Å². The van der Waals surface area contributed by atoms with Crippen molar-refractivity contribution in [2.45, 2.75) is 19.3 Å². The maximum atomic E-state index is 13.0. The van der Waals surface area contributed by atoms with E-state index in [1.54, 1.807) is 37.4 Å². The fraction of sp³-hybridized carbons (Fsp3) is 0.200. The first-order valence-electron chi connectivity index (χ1n) is 7.83. The molecule has 4 nitrogen and oxygen atoms in total. The predicted octanol–water partition coefficient (Wildman–Crippen LogP) is 4.58. The van der Waals surface area contributed by atoms with Gasteiger partial charge in [-0.05, 0) is 54.4 Å². The van der Waals surface area contributed by atoms with E-state index in [4.69, 9.17) is 16.3 Å². The molecule has 0 aliphatic heterocycles. The molecular weight excluding hydrogens is 340 g/mol. The van der Waals surface area contributed by atoms with Crippen molar-refractivity contribution in [3.8, 4) is 5.75 Å². The SMILES string of the molecule is COc1ccc2c(c1)C(CC(=O)O)C(C)=C2C(=O)c1ccc(Cl)cc1. The third-order valence-corrected chi connectivity index (χ3v) is 4.78. The quantitative estimate of drug-likeness (QED) is 0.796. The van der Waals surface area contributed by atoms with Gasteiger partial charge in [-0.3, -0.25) is 9.59 Å². The van der Waals surface area contributed by atoms with E-state index in [-0.39, 0.29) is 18.1 Å². The number of methoxy groups -OCH3 is 1. The first-order chi connectivity index (χ1) is 11.9. The van der Waals surface area contributed by atoms with Gasteiger partial charge in [-0.2, -0.15) is 0 Å². The minimum Gasteiger partial charge on any atom is -0.497 e. The number of carboxylic acid groups (broad SMARTS) is 1. The highest BCUT2D eigenvalue weighted by Gasteiger charge is 2.34. The van der Waals surface area contributed by atoms with E-state index in [0.717, 1.165) is 16.7 Å². The lowest BCUT2D eigenvalue weighted by Gasteiger charge is -2.12. The van der Waals surface area contributed by atoms with E-state index < -0.39 is 5.97 Å². The number of rotatable bonds is 5. The maximum Gasteiger partial charge on any atom is 0.304 e. The first-order valence-corrected chi connectivity index (χ1v) is 8.21. The van der Waals surface area contributed by atoms with Crippen LogP contribution in [0.15, 0.2) is 48.0 Å². The van der Waals surface area contributed by atoms with Gasteiger partial charge in [0.05, 0.1) is 13.5 Å². The lowest BCUT2D eigenvalue weighted by molar-refractivity contribution is -0.137. The summed E-state index contributed by atoms with van der Waals surface area (Å²) in [5, 5.41) is 9.82. The molecule has 2 aromatic rings. The number of ether oxygens (including phenoxy) is 1. The summed E-state index contributed by atoms with van der Waals surface area (Å²) < 4.78 is 5.26. The van der Waals surface area contributed by atoms with Crippen molar-refractivity contribution in [2.24, 2.45) is 0 Å². The topological polar surface area (TPSA) is 63.6 Å². The molecule has 0 heterocycles. The molecule has 1 aliphatic carbocycles.